The molecular formula is C18H20N2. The van der Waals surface area contributed by atoms with E-state index in [1.54, 1.807) is 0 Å². The summed E-state index contributed by atoms with van der Waals surface area (Å²) in [5.74, 6) is 0. The summed E-state index contributed by atoms with van der Waals surface area (Å²) in [7, 11) is 0. The number of fused-ring (bicyclic) bond motifs is 1. The van der Waals surface area contributed by atoms with Crippen LogP contribution < -0.4 is 5.32 Å². The van der Waals surface area contributed by atoms with E-state index in [1.165, 1.54) is 25.7 Å². The summed E-state index contributed by atoms with van der Waals surface area (Å²) in [6.45, 7) is 3.33. The minimum atomic E-state index is 0.495. The maximum absolute atomic E-state index is 9.20. The Balaban J connectivity index is 1.91. The lowest BCUT2D eigenvalue weighted by Crippen LogP contribution is -2.35. The van der Waals surface area contributed by atoms with Gasteiger partial charge in [-0.05, 0) is 36.8 Å². The van der Waals surface area contributed by atoms with Gasteiger partial charge in [-0.25, -0.2) is 0 Å². The van der Waals surface area contributed by atoms with Gasteiger partial charge in [0.05, 0.1) is 11.6 Å². The maximum Gasteiger partial charge on any atom is 0.0998 e. The quantitative estimate of drug-likeness (QED) is 0.868. The number of anilines is 1. The average molecular weight is 264 g/mol. The van der Waals surface area contributed by atoms with E-state index in [9.17, 15) is 5.26 Å². The zero-order chi connectivity index (χ0) is 14.0. The van der Waals surface area contributed by atoms with E-state index in [0.717, 1.165) is 28.6 Å². The lowest BCUT2D eigenvalue weighted by Gasteiger charge is -2.41. The Morgan fingerprint density at radius 1 is 1.15 bits per heavy atom. The van der Waals surface area contributed by atoms with Gasteiger partial charge in [0.2, 0.25) is 0 Å². The molecular weight excluding hydrogens is 244 g/mol. The van der Waals surface area contributed by atoms with Crippen molar-refractivity contribution in [3.63, 3.8) is 0 Å². The molecule has 0 aliphatic heterocycles. The zero-order valence-corrected chi connectivity index (χ0v) is 11.9. The Labute approximate surface area is 120 Å². The van der Waals surface area contributed by atoms with Crippen molar-refractivity contribution in [3.8, 4) is 6.07 Å². The number of rotatable bonds is 4. The predicted molar refractivity (Wildman–Crippen MR) is 83.7 cm³/mol. The van der Waals surface area contributed by atoms with Crippen LogP contribution >= 0.6 is 0 Å². The van der Waals surface area contributed by atoms with Gasteiger partial charge in [0.25, 0.3) is 0 Å². The van der Waals surface area contributed by atoms with E-state index < -0.39 is 0 Å². The predicted octanol–water partition coefficient (Wildman–Crippen LogP) is 4.70. The Morgan fingerprint density at radius 2 is 1.90 bits per heavy atom. The monoisotopic (exact) mass is 264 g/mol. The molecule has 3 rings (SSSR count). The lowest BCUT2D eigenvalue weighted by molar-refractivity contribution is 0.145. The van der Waals surface area contributed by atoms with E-state index in [-0.39, 0.29) is 0 Å². The molecule has 2 aromatic rings. The molecule has 1 fully saturated rings. The van der Waals surface area contributed by atoms with E-state index >= 15 is 0 Å². The largest absolute Gasteiger partial charge is 0.384 e. The number of nitrogens with one attached hydrogen (secondary N) is 1. The third-order valence-corrected chi connectivity index (χ3v) is 4.86. The number of benzene rings is 2. The molecule has 0 unspecified atom stereocenters. The fraction of sp³-hybridized carbons (Fsp3) is 0.389. The number of nitriles is 1. The molecule has 20 heavy (non-hydrogen) atoms. The highest BCUT2D eigenvalue weighted by Gasteiger charge is 2.34. The van der Waals surface area contributed by atoms with Gasteiger partial charge in [0.1, 0.15) is 0 Å². The zero-order valence-electron chi connectivity index (χ0n) is 11.9. The van der Waals surface area contributed by atoms with Crippen LogP contribution in [0.1, 0.15) is 38.2 Å². The van der Waals surface area contributed by atoms with Gasteiger partial charge in [0.15, 0.2) is 0 Å². The summed E-state index contributed by atoms with van der Waals surface area (Å²) in [5.41, 5.74) is 2.40. The maximum atomic E-state index is 9.20. The highest BCUT2D eigenvalue weighted by molar-refractivity contribution is 5.97. The lowest BCUT2D eigenvalue weighted by atomic mass is 9.67. The molecule has 1 aliphatic carbocycles. The number of hydrogen-bond donors (Lipinski definition) is 1. The third kappa shape index (κ3) is 2.14. The fourth-order valence-electron chi connectivity index (χ4n) is 3.17. The van der Waals surface area contributed by atoms with Gasteiger partial charge in [-0.1, -0.05) is 37.6 Å². The molecule has 0 saturated heterocycles. The molecule has 0 aromatic heterocycles. The van der Waals surface area contributed by atoms with Crippen LogP contribution in [0.25, 0.3) is 10.8 Å². The molecule has 1 N–H and O–H groups in total. The van der Waals surface area contributed by atoms with Crippen LogP contribution in [0.2, 0.25) is 0 Å². The van der Waals surface area contributed by atoms with Crippen molar-refractivity contribution >= 4 is 16.5 Å². The van der Waals surface area contributed by atoms with Crippen LogP contribution in [0.5, 0.6) is 0 Å². The van der Waals surface area contributed by atoms with Crippen molar-refractivity contribution in [2.24, 2.45) is 5.41 Å². The molecule has 0 amide bonds. The van der Waals surface area contributed by atoms with E-state index in [4.69, 9.17) is 0 Å². The van der Waals surface area contributed by atoms with E-state index in [1.807, 2.05) is 30.3 Å². The van der Waals surface area contributed by atoms with Crippen LogP contribution in [-0.4, -0.2) is 6.54 Å². The van der Waals surface area contributed by atoms with E-state index in [2.05, 4.69) is 24.4 Å². The normalized spacial score (nSPS) is 16.4. The first-order chi connectivity index (χ1) is 9.78. The highest BCUT2D eigenvalue weighted by atomic mass is 14.9. The summed E-state index contributed by atoms with van der Waals surface area (Å²) < 4.78 is 0. The van der Waals surface area contributed by atoms with Gasteiger partial charge in [-0.2, -0.15) is 5.26 Å². The van der Waals surface area contributed by atoms with Gasteiger partial charge >= 0.3 is 0 Å². The van der Waals surface area contributed by atoms with Gasteiger partial charge in [-0.15, -0.1) is 0 Å². The first kappa shape index (κ1) is 13.0. The second-order valence-electron chi connectivity index (χ2n) is 5.88. The summed E-state index contributed by atoms with van der Waals surface area (Å²) in [4.78, 5) is 0. The molecule has 1 saturated carbocycles. The Morgan fingerprint density at radius 3 is 2.50 bits per heavy atom. The van der Waals surface area contributed by atoms with Gasteiger partial charge in [-0.3, -0.25) is 0 Å². The van der Waals surface area contributed by atoms with Crippen LogP contribution in [-0.2, 0) is 0 Å². The van der Waals surface area contributed by atoms with Crippen molar-refractivity contribution in [2.45, 2.75) is 32.6 Å². The molecule has 0 heterocycles. The molecule has 0 bridgehead atoms. The minimum Gasteiger partial charge on any atom is -0.384 e. The van der Waals surface area contributed by atoms with Crippen LogP contribution in [0.4, 0.5) is 5.69 Å². The van der Waals surface area contributed by atoms with Gasteiger partial charge < -0.3 is 5.32 Å². The average Bonchev–Trinajstić information content (AvgIpc) is 2.46. The Hall–Kier alpha value is -2.01. The summed E-state index contributed by atoms with van der Waals surface area (Å²) in [5, 5.41) is 15.0. The summed E-state index contributed by atoms with van der Waals surface area (Å²) in [6, 6.07) is 14.4. The van der Waals surface area contributed by atoms with Crippen LogP contribution in [0.3, 0.4) is 0 Å². The molecule has 2 heteroatoms. The van der Waals surface area contributed by atoms with Crippen molar-refractivity contribution in [1.82, 2.24) is 0 Å². The SMILES string of the molecule is CCC1(CNc2ccc(C#N)c3ccccc23)CCC1. The topological polar surface area (TPSA) is 35.8 Å². The molecule has 0 atom stereocenters. The molecule has 2 aromatic carbocycles. The van der Waals surface area contributed by atoms with Crippen molar-refractivity contribution in [2.75, 3.05) is 11.9 Å². The number of nitrogens with zero attached hydrogens (tertiary/aromatic N) is 1. The van der Waals surface area contributed by atoms with Gasteiger partial charge in [0, 0.05) is 23.0 Å². The second kappa shape index (κ2) is 5.17. The third-order valence-electron chi connectivity index (χ3n) is 4.86. The standard InChI is InChI=1S/C18H20N2/c1-2-18(10-5-11-18)13-20-17-9-8-14(12-19)15-6-3-4-7-16(15)17/h3-4,6-9,20H,2,5,10-11,13H2,1H3. The highest BCUT2D eigenvalue weighted by Crippen LogP contribution is 2.44. The smallest absolute Gasteiger partial charge is 0.0998 e. The first-order valence-corrected chi connectivity index (χ1v) is 7.44. The van der Waals surface area contributed by atoms with Crippen molar-refractivity contribution < 1.29 is 0 Å². The number of hydrogen-bond acceptors (Lipinski definition) is 2. The molecule has 1 aliphatic rings. The fourth-order valence-corrected chi connectivity index (χ4v) is 3.17. The first-order valence-electron chi connectivity index (χ1n) is 7.44. The summed E-state index contributed by atoms with van der Waals surface area (Å²) in [6.07, 6.45) is 5.28. The second-order valence-corrected chi connectivity index (χ2v) is 5.88. The van der Waals surface area contributed by atoms with E-state index in [0.29, 0.717) is 5.41 Å². The van der Waals surface area contributed by atoms with Crippen LogP contribution in [0.15, 0.2) is 36.4 Å². The minimum absolute atomic E-state index is 0.495. The molecule has 0 radical (unpaired) electrons. The summed E-state index contributed by atoms with van der Waals surface area (Å²) >= 11 is 0. The van der Waals surface area contributed by atoms with Crippen molar-refractivity contribution in [3.05, 3.63) is 42.0 Å². The van der Waals surface area contributed by atoms with Crippen molar-refractivity contribution in [1.29, 1.82) is 5.26 Å². The molecule has 102 valence electrons. The van der Waals surface area contributed by atoms with Crippen LogP contribution in [0, 0.1) is 16.7 Å². The Bertz CT molecular complexity index is 657. The Kier molecular flexibility index (Phi) is 3.36. The molecule has 2 nitrogen and oxygen atoms in total. The molecule has 0 spiro atoms.